The van der Waals surface area contributed by atoms with Gasteiger partial charge in [-0.1, -0.05) is 56.3 Å². The zero-order chi connectivity index (χ0) is 16.3. The lowest BCUT2D eigenvalue weighted by Crippen LogP contribution is -2.25. The average molecular weight is 294 g/mol. The molecular weight excluding hydrogens is 272 g/mol. The van der Waals surface area contributed by atoms with Gasteiger partial charge < -0.3 is 0 Å². The number of benzene rings is 2. The molecule has 2 heteroatoms. The number of carbonyl (C=O) groups is 2. The van der Waals surface area contributed by atoms with Crippen molar-refractivity contribution in [3.63, 3.8) is 0 Å². The van der Waals surface area contributed by atoms with E-state index in [1.54, 1.807) is 13.8 Å². The lowest BCUT2D eigenvalue weighted by Gasteiger charge is -2.31. The number of carbonyl (C=O) groups excluding carboxylic acids is 2. The monoisotopic (exact) mass is 294 g/mol. The molecule has 0 fully saturated rings. The molecule has 1 unspecified atom stereocenters. The second-order valence-corrected chi connectivity index (χ2v) is 5.92. The van der Waals surface area contributed by atoms with Crippen molar-refractivity contribution >= 4 is 11.6 Å². The van der Waals surface area contributed by atoms with E-state index in [1.807, 2.05) is 48.5 Å². The van der Waals surface area contributed by atoms with E-state index in [2.05, 4.69) is 13.8 Å². The third-order valence-electron chi connectivity index (χ3n) is 4.51. The van der Waals surface area contributed by atoms with Crippen molar-refractivity contribution in [1.29, 1.82) is 0 Å². The number of Topliss-reactive ketones (excluding diaryl/α,β-unsaturated/α-hetero) is 2. The number of hydrogen-bond acceptors (Lipinski definition) is 2. The fourth-order valence-corrected chi connectivity index (χ4v) is 2.90. The Bertz CT molecular complexity index is 715. The Morgan fingerprint density at radius 3 is 2.23 bits per heavy atom. The van der Waals surface area contributed by atoms with Gasteiger partial charge in [-0.05, 0) is 37.5 Å². The molecule has 0 spiro atoms. The lowest BCUT2D eigenvalue weighted by molar-refractivity contribution is 0.100. The molecule has 2 aromatic rings. The lowest BCUT2D eigenvalue weighted by atomic mass is 9.71. The van der Waals surface area contributed by atoms with Crippen LogP contribution in [0.15, 0.2) is 48.5 Å². The molecule has 0 amide bonds. The predicted molar refractivity (Wildman–Crippen MR) is 89.6 cm³/mol. The summed E-state index contributed by atoms with van der Waals surface area (Å²) in [6.07, 6.45) is 0.846. The quantitative estimate of drug-likeness (QED) is 0.742. The summed E-state index contributed by atoms with van der Waals surface area (Å²) in [6.45, 7) is 7.41. The van der Waals surface area contributed by atoms with Gasteiger partial charge in [-0.25, -0.2) is 0 Å². The Hall–Kier alpha value is -2.22. The van der Waals surface area contributed by atoms with Crippen LogP contribution in [-0.2, 0) is 5.41 Å². The molecule has 0 N–H and O–H groups in total. The van der Waals surface area contributed by atoms with Crippen LogP contribution in [0.2, 0.25) is 0 Å². The molecule has 22 heavy (non-hydrogen) atoms. The summed E-state index contributed by atoms with van der Waals surface area (Å²) in [5.74, 6) is 0.123. The van der Waals surface area contributed by atoms with E-state index in [1.165, 1.54) is 0 Å². The zero-order valence-electron chi connectivity index (χ0n) is 13.6. The second-order valence-electron chi connectivity index (χ2n) is 5.92. The maximum absolute atomic E-state index is 12.0. The largest absolute Gasteiger partial charge is 0.295 e. The molecule has 2 rings (SSSR count). The van der Waals surface area contributed by atoms with Crippen molar-refractivity contribution < 1.29 is 9.59 Å². The molecule has 0 bridgehead atoms. The van der Waals surface area contributed by atoms with E-state index < -0.39 is 0 Å². The highest BCUT2D eigenvalue weighted by atomic mass is 16.1. The standard InChI is InChI=1S/C20H22O2/c1-5-20(4,17-10-8-9-16(13-17)14(2)21)19-12-7-6-11-18(19)15(3)22/h6-13H,5H2,1-4H3. The summed E-state index contributed by atoms with van der Waals surface area (Å²) in [7, 11) is 0. The van der Waals surface area contributed by atoms with E-state index in [-0.39, 0.29) is 17.0 Å². The molecule has 2 nitrogen and oxygen atoms in total. The Balaban J connectivity index is 2.66. The Kier molecular flexibility index (Phi) is 4.60. The first kappa shape index (κ1) is 16.2. The van der Waals surface area contributed by atoms with Gasteiger partial charge in [-0.3, -0.25) is 9.59 Å². The van der Waals surface area contributed by atoms with E-state index in [4.69, 9.17) is 0 Å². The van der Waals surface area contributed by atoms with Crippen LogP contribution in [-0.4, -0.2) is 11.6 Å². The van der Waals surface area contributed by atoms with Gasteiger partial charge in [0.05, 0.1) is 0 Å². The van der Waals surface area contributed by atoms with Crippen LogP contribution in [0, 0.1) is 0 Å². The number of rotatable bonds is 5. The van der Waals surface area contributed by atoms with Crippen LogP contribution in [0.4, 0.5) is 0 Å². The van der Waals surface area contributed by atoms with Gasteiger partial charge >= 0.3 is 0 Å². The van der Waals surface area contributed by atoms with Gasteiger partial charge in [0.2, 0.25) is 0 Å². The molecule has 114 valence electrons. The molecule has 1 atom stereocenters. The summed E-state index contributed by atoms with van der Waals surface area (Å²) >= 11 is 0. The van der Waals surface area contributed by atoms with Crippen LogP contribution in [0.5, 0.6) is 0 Å². The minimum atomic E-state index is -0.298. The maximum Gasteiger partial charge on any atom is 0.160 e. The average Bonchev–Trinajstić information content (AvgIpc) is 2.54. The number of ketones is 2. The minimum absolute atomic E-state index is 0.0557. The first-order chi connectivity index (χ1) is 10.4. The summed E-state index contributed by atoms with van der Waals surface area (Å²) in [6, 6.07) is 15.5. The van der Waals surface area contributed by atoms with Gasteiger partial charge in [0.25, 0.3) is 0 Å². The topological polar surface area (TPSA) is 34.1 Å². The van der Waals surface area contributed by atoms with Gasteiger partial charge in [-0.15, -0.1) is 0 Å². The van der Waals surface area contributed by atoms with Gasteiger partial charge in [0, 0.05) is 16.5 Å². The number of hydrogen-bond donors (Lipinski definition) is 0. The molecule has 0 aliphatic rings. The second kappa shape index (κ2) is 6.27. The predicted octanol–water partition coefficient (Wildman–Crippen LogP) is 4.81. The highest BCUT2D eigenvalue weighted by molar-refractivity contribution is 5.96. The van der Waals surface area contributed by atoms with E-state index in [0.717, 1.165) is 23.1 Å². The molecule has 0 heterocycles. The molecule has 0 radical (unpaired) electrons. The van der Waals surface area contributed by atoms with Crippen molar-refractivity contribution in [3.8, 4) is 0 Å². The molecule has 0 saturated heterocycles. The fraction of sp³-hybridized carbons (Fsp3) is 0.300. The van der Waals surface area contributed by atoms with E-state index >= 15 is 0 Å². The van der Waals surface area contributed by atoms with Crippen molar-refractivity contribution in [2.75, 3.05) is 0 Å². The van der Waals surface area contributed by atoms with Crippen LogP contribution in [0.3, 0.4) is 0 Å². The van der Waals surface area contributed by atoms with Crippen LogP contribution in [0.25, 0.3) is 0 Å². The normalized spacial score (nSPS) is 13.5. The molecule has 0 saturated carbocycles. The Labute approximate surface area is 132 Å². The van der Waals surface area contributed by atoms with E-state index in [0.29, 0.717) is 5.56 Å². The maximum atomic E-state index is 12.0. The van der Waals surface area contributed by atoms with Crippen LogP contribution < -0.4 is 0 Å². The minimum Gasteiger partial charge on any atom is -0.295 e. The molecule has 0 aliphatic heterocycles. The van der Waals surface area contributed by atoms with E-state index in [9.17, 15) is 9.59 Å². The van der Waals surface area contributed by atoms with Crippen molar-refractivity contribution in [1.82, 2.24) is 0 Å². The summed E-state index contributed by atoms with van der Waals surface area (Å²) < 4.78 is 0. The van der Waals surface area contributed by atoms with Crippen LogP contribution in [0.1, 0.15) is 66.0 Å². The van der Waals surface area contributed by atoms with Gasteiger partial charge in [-0.2, -0.15) is 0 Å². The molecule has 0 aromatic heterocycles. The highest BCUT2D eigenvalue weighted by Gasteiger charge is 2.30. The zero-order valence-corrected chi connectivity index (χ0v) is 13.6. The first-order valence-corrected chi connectivity index (χ1v) is 7.62. The third kappa shape index (κ3) is 2.87. The fourth-order valence-electron chi connectivity index (χ4n) is 2.90. The molecular formula is C20H22O2. The first-order valence-electron chi connectivity index (χ1n) is 7.62. The summed E-state index contributed by atoms with van der Waals surface area (Å²) in [5, 5.41) is 0. The SMILES string of the molecule is CCC(C)(c1cccc(C(C)=O)c1)c1ccccc1C(C)=O. The highest BCUT2D eigenvalue weighted by Crippen LogP contribution is 2.37. The summed E-state index contributed by atoms with van der Waals surface area (Å²) in [5.41, 5.74) is 3.24. The van der Waals surface area contributed by atoms with Crippen molar-refractivity contribution in [2.24, 2.45) is 0 Å². The Morgan fingerprint density at radius 1 is 0.955 bits per heavy atom. The van der Waals surface area contributed by atoms with Gasteiger partial charge in [0.15, 0.2) is 11.6 Å². The smallest absolute Gasteiger partial charge is 0.160 e. The van der Waals surface area contributed by atoms with Gasteiger partial charge in [0.1, 0.15) is 0 Å². The van der Waals surface area contributed by atoms with Crippen molar-refractivity contribution in [3.05, 3.63) is 70.8 Å². The van der Waals surface area contributed by atoms with Crippen molar-refractivity contribution in [2.45, 2.75) is 39.5 Å². The third-order valence-corrected chi connectivity index (χ3v) is 4.51. The van der Waals surface area contributed by atoms with Crippen LogP contribution >= 0.6 is 0 Å². The molecule has 0 aliphatic carbocycles. The summed E-state index contributed by atoms with van der Waals surface area (Å²) in [4.78, 5) is 23.7. The molecule has 2 aromatic carbocycles. The Morgan fingerprint density at radius 2 is 1.64 bits per heavy atom.